The van der Waals surface area contributed by atoms with Gasteiger partial charge in [-0.3, -0.25) is 24.9 Å². The van der Waals surface area contributed by atoms with Crippen molar-refractivity contribution in [1.82, 2.24) is 30.6 Å². The number of anilines is 3. The summed E-state index contributed by atoms with van der Waals surface area (Å²) in [6.45, 7) is 23.7. The van der Waals surface area contributed by atoms with E-state index in [4.69, 9.17) is 0 Å². The fourth-order valence-electron chi connectivity index (χ4n) is 12.1. The van der Waals surface area contributed by atoms with E-state index in [2.05, 4.69) is 314 Å². The SMILES string of the molecule is Cc1cccc2c1C=CCN2.Cc1cccc2c1C=CNC2.Cc1cccc2c1CNC=C2.Cc1cccc2c1NC=NC2.Cc1cccc2c1NCC=C2.Cc1cccc2cccnc12.Cc1cccc2ccncc12.Cc1cccc2cnccc12.Cc1cccc2ncccc12. The molecule has 10 nitrogen and oxygen atoms in total. The minimum atomic E-state index is 0.810. The second kappa shape index (κ2) is 35.8. The Labute approximate surface area is 585 Å². The molecule has 0 spiro atoms. The maximum Gasteiger partial charge on any atom is 0.0872 e. The Morgan fingerprint density at radius 1 is 0.354 bits per heavy atom. The number of hydrogen-bond acceptors (Lipinski definition) is 10. The van der Waals surface area contributed by atoms with Gasteiger partial charge < -0.3 is 26.6 Å². The number of aromatic nitrogens is 4. The predicted octanol–water partition coefficient (Wildman–Crippen LogP) is 21.1. The van der Waals surface area contributed by atoms with Crippen molar-refractivity contribution in [3.63, 3.8) is 0 Å². The van der Waals surface area contributed by atoms with Gasteiger partial charge >= 0.3 is 0 Å². The third-order valence-electron chi connectivity index (χ3n) is 17.6. The molecule has 0 unspecified atom stereocenters. The predicted molar refractivity (Wildman–Crippen MR) is 424 cm³/mol. The van der Waals surface area contributed by atoms with Crippen molar-refractivity contribution in [2.45, 2.75) is 81.9 Å². The molecule has 99 heavy (non-hydrogen) atoms. The summed E-state index contributed by atoms with van der Waals surface area (Å²) in [7, 11) is 0. The molecule has 0 saturated heterocycles. The van der Waals surface area contributed by atoms with Gasteiger partial charge in [-0.15, -0.1) is 0 Å². The molecular weight excluding hydrogens is 1210 g/mol. The summed E-state index contributed by atoms with van der Waals surface area (Å²) in [5.74, 6) is 0. The summed E-state index contributed by atoms with van der Waals surface area (Å²) in [6.07, 6.45) is 29.8. The third-order valence-corrected chi connectivity index (χ3v) is 17.6. The molecule has 9 aromatic carbocycles. The van der Waals surface area contributed by atoms with E-state index >= 15 is 0 Å². The van der Waals surface area contributed by atoms with Gasteiger partial charge in [0, 0.05) is 108 Å². The molecule has 496 valence electrons. The lowest BCUT2D eigenvalue weighted by atomic mass is 10.0. The second-order valence-corrected chi connectivity index (χ2v) is 24.7. The Balaban J connectivity index is 0.000000120. The van der Waals surface area contributed by atoms with Crippen molar-refractivity contribution in [1.29, 1.82) is 0 Å². The summed E-state index contributed by atoms with van der Waals surface area (Å²) in [5.41, 5.74) is 27.2. The minimum absolute atomic E-state index is 0.810. The number of rotatable bonds is 0. The van der Waals surface area contributed by atoms with Crippen LogP contribution in [-0.2, 0) is 19.6 Å². The van der Waals surface area contributed by atoms with Crippen molar-refractivity contribution in [2.75, 3.05) is 29.0 Å². The van der Waals surface area contributed by atoms with Crippen LogP contribution in [0.4, 0.5) is 17.1 Å². The second-order valence-electron chi connectivity index (χ2n) is 24.7. The van der Waals surface area contributed by atoms with E-state index in [0.29, 0.717) is 0 Å². The quantitative estimate of drug-likeness (QED) is 0.101. The molecule has 0 aliphatic carbocycles. The molecule has 9 heterocycles. The zero-order chi connectivity index (χ0) is 69.1. The van der Waals surface area contributed by atoms with Crippen LogP contribution in [-0.4, -0.2) is 39.4 Å². The summed E-state index contributed by atoms with van der Waals surface area (Å²) in [4.78, 5) is 20.8. The fraction of sp³-hybridized carbons (Fsp3) is 0.157. The molecule has 0 fully saturated rings. The lowest BCUT2D eigenvalue weighted by Gasteiger charge is -2.14. The highest BCUT2D eigenvalue weighted by Crippen LogP contribution is 2.27. The van der Waals surface area contributed by atoms with Crippen LogP contribution < -0.4 is 26.6 Å². The van der Waals surface area contributed by atoms with E-state index in [9.17, 15) is 0 Å². The number of para-hydroxylation sites is 3. The highest BCUT2D eigenvalue weighted by atomic mass is 15.0. The molecule has 5 N–H and O–H groups in total. The van der Waals surface area contributed by atoms with Gasteiger partial charge in [-0.25, -0.2) is 0 Å². The van der Waals surface area contributed by atoms with Gasteiger partial charge in [0.25, 0.3) is 0 Å². The van der Waals surface area contributed by atoms with Gasteiger partial charge in [0.15, 0.2) is 0 Å². The Bertz CT molecular complexity index is 4540. The number of nitrogens with one attached hydrogen (secondary N) is 5. The van der Waals surface area contributed by atoms with E-state index in [1.54, 1.807) is 6.34 Å². The number of benzene rings is 9. The maximum absolute atomic E-state index is 4.28. The van der Waals surface area contributed by atoms with E-state index in [1.165, 1.54) is 138 Å². The molecule has 0 bridgehead atoms. The topological polar surface area (TPSA) is 124 Å². The number of aliphatic imine (C=N–C) groups is 1. The van der Waals surface area contributed by atoms with E-state index in [-0.39, 0.29) is 0 Å². The summed E-state index contributed by atoms with van der Waals surface area (Å²) >= 11 is 0. The Kier molecular flexibility index (Phi) is 25.4. The van der Waals surface area contributed by atoms with Crippen LogP contribution in [0.2, 0.25) is 0 Å². The molecule has 0 amide bonds. The first-order valence-corrected chi connectivity index (χ1v) is 33.9. The smallest absolute Gasteiger partial charge is 0.0872 e. The van der Waals surface area contributed by atoms with Gasteiger partial charge in [-0.1, -0.05) is 188 Å². The number of hydrogen-bond donors (Lipinski definition) is 5. The van der Waals surface area contributed by atoms with Gasteiger partial charge in [-0.2, -0.15) is 0 Å². The number of nitrogens with zero attached hydrogens (tertiary/aromatic N) is 5. The minimum Gasteiger partial charge on any atom is -0.387 e. The van der Waals surface area contributed by atoms with Crippen molar-refractivity contribution < 1.29 is 0 Å². The van der Waals surface area contributed by atoms with Gasteiger partial charge in [0.1, 0.15) is 0 Å². The molecule has 0 atom stereocenters. The standard InChI is InChI=1S/C10H11N.C10H9N.C10H11N.C10H9N.C10H11N.C10H9N.C10H11N.C10H9N.C9H10N2/c2*1-8-4-2-6-10-9(8)5-3-7-11-10;2*1-8-4-2-5-9-6-3-7-11-10(8)9;2*1-8-3-2-4-9-7-11-6-5-10(8)9;2*1-8-3-2-4-9-5-6-11-7-10(8)9;1-7-3-2-4-8-5-10-6-11-9(7)8/h2-6,11H,7H2,1H3;2-7H,1H3;2-6,11H,7H2,1H3;2-7H,1H3;2-6,11H,7H2,1H3;2-7H,1H3;2-6,11H,7H2,1H3;2-7H,1H3;2-4,6H,5H2,1H3,(H,10,11). The fourth-order valence-corrected chi connectivity index (χ4v) is 12.1. The first-order chi connectivity index (χ1) is 48.4. The zero-order valence-electron chi connectivity index (χ0n) is 58.5. The Morgan fingerprint density at radius 2 is 0.929 bits per heavy atom. The van der Waals surface area contributed by atoms with Crippen molar-refractivity contribution >= 4 is 91.1 Å². The van der Waals surface area contributed by atoms with Crippen LogP contribution in [0.25, 0.3) is 67.7 Å². The molecular formula is C89H90N10. The highest BCUT2D eigenvalue weighted by Gasteiger charge is 2.09. The molecule has 10 heteroatoms. The molecule has 13 aromatic rings. The van der Waals surface area contributed by atoms with Crippen LogP contribution in [0.3, 0.4) is 0 Å². The summed E-state index contributed by atoms with van der Waals surface area (Å²) in [6, 6.07) is 68.9. The zero-order valence-corrected chi connectivity index (χ0v) is 58.5. The van der Waals surface area contributed by atoms with Crippen LogP contribution in [0.15, 0.2) is 267 Å². The monoisotopic (exact) mass is 1300 g/mol. The Morgan fingerprint density at radius 3 is 1.67 bits per heavy atom. The summed E-state index contributed by atoms with van der Waals surface area (Å²) < 4.78 is 0. The molecule has 4 aromatic heterocycles. The normalized spacial score (nSPS) is 12.3. The maximum atomic E-state index is 4.28. The average molecular weight is 1300 g/mol. The van der Waals surface area contributed by atoms with Crippen molar-refractivity contribution in [3.05, 3.63) is 351 Å². The lowest BCUT2D eigenvalue weighted by Crippen LogP contribution is -2.11. The van der Waals surface area contributed by atoms with Crippen LogP contribution in [0.1, 0.15) is 89.0 Å². The van der Waals surface area contributed by atoms with E-state index in [1.807, 2.05) is 86.0 Å². The first-order valence-electron chi connectivity index (χ1n) is 33.9. The number of fused-ring (bicyclic) bond motifs is 9. The van der Waals surface area contributed by atoms with E-state index < -0.39 is 0 Å². The van der Waals surface area contributed by atoms with Gasteiger partial charge in [-0.05, 0) is 217 Å². The molecule has 5 aliphatic rings. The van der Waals surface area contributed by atoms with Crippen molar-refractivity contribution in [3.8, 4) is 0 Å². The third kappa shape index (κ3) is 19.5. The van der Waals surface area contributed by atoms with Crippen LogP contribution in [0, 0.1) is 62.3 Å². The first kappa shape index (κ1) is 70.1. The highest BCUT2D eigenvalue weighted by molar-refractivity contribution is 5.86. The van der Waals surface area contributed by atoms with Crippen molar-refractivity contribution in [2.24, 2.45) is 4.99 Å². The van der Waals surface area contributed by atoms with Crippen LogP contribution in [0.5, 0.6) is 0 Å². The largest absolute Gasteiger partial charge is 0.387 e. The molecule has 0 radical (unpaired) electrons. The average Bonchev–Trinajstić information content (AvgIpc) is 1.51. The summed E-state index contributed by atoms with van der Waals surface area (Å²) in [5, 5.41) is 23.7. The molecule has 0 saturated carbocycles. The van der Waals surface area contributed by atoms with Gasteiger partial charge in [0.05, 0.1) is 23.9 Å². The van der Waals surface area contributed by atoms with Gasteiger partial charge in [0.2, 0.25) is 0 Å². The van der Waals surface area contributed by atoms with Crippen LogP contribution >= 0.6 is 0 Å². The molecule has 5 aliphatic heterocycles. The molecule has 18 rings (SSSR count). The van der Waals surface area contributed by atoms with E-state index in [0.717, 1.165) is 43.8 Å². The lowest BCUT2D eigenvalue weighted by molar-refractivity contribution is 0.851. The Hall–Kier alpha value is -11.8. The number of pyridine rings is 4. The number of aryl methyl sites for hydroxylation is 9.